The average Bonchev–Trinajstić information content (AvgIpc) is 3.08. The molecule has 1 aromatic heterocycles. The van der Waals surface area contributed by atoms with Gasteiger partial charge in [0.2, 0.25) is 0 Å². The topological polar surface area (TPSA) is 24.9 Å². The lowest BCUT2D eigenvalue weighted by atomic mass is 10.1. The summed E-state index contributed by atoms with van der Waals surface area (Å²) in [6, 6.07) is 11.1. The van der Waals surface area contributed by atoms with Gasteiger partial charge in [-0.2, -0.15) is 0 Å². The fraction of sp³-hybridized carbons (Fsp3) is 0.400. The zero-order chi connectivity index (χ0) is 11.7. The van der Waals surface area contributed by atoms with Crippen molar-refractivity contribution in [2.45, 2.75) is 32.2 Å². The lowest BCUT2D eigenvalue weighted by molar-refractivity contribution is 0.692. The summed E-state index contributed by atoms with van der Waals surface area (Å²) in [4.78, 5) is 4.47. The van der Waals surface area contributed by atoms with E-state index in [0.717, 1.165) is 11.7 Å². The second kappa shape index (κ2) is 4.36. The van der Waals surface area contributed by atoms with Crippen LogP contribution in [0.3, 0.4) is 0 Å². The molecule has 0 aliphatic heterocycles. The fourth-order valence-corrected chi connectivity index (χ4v) is 2.52. The van der Waals surface area contributed by atoms with Crippen molar-refractivity contribution in [3.63, 3.8) is 0 Å². The molecule has 2 unspecified atom stereocenters. The lowest BCUT2D eigenvalue weighted by Crippen LogP contribution is -2.06. The highest BCUT2D eigenvalue weighted by Gasteiger charge is 2.36. The SMILES string of the molecule is CCCC1CC1Nc1nccc2ccccc12. The Morgan fingerprint density at radius 3 is 3.06 bits per heavy atom. The van der Waals surface area contributed by atoms with Crippen molar-refractivity contribution in [2.75, 3.05) is 5.32 Å². The predicted octanol–water partition coefficient (Wildman–Crippen LogP) is 3.84. The third kappa shape index (κ3) is 2.12. The summed E-state index contributed by atoms with van der Waals surface area (Å²) in [5.74, 6) is 1.91. The molecule has 1 saturated carbocycles. The zero-order valence-electron chi connectivity index (χ0n) is 10.2. The number of benzene rings is 1. The van der Waals surface area contributed by atoms with E-state index in [1.54, 1.807) is 0 Å². The molecule has 88 valence electrons. The first kappa shape index (κ1) is 10.6. The third-order valence-corrected chi connectivity index (χ3v) is 3.58. The summed E-state index contributed by atoms with van der Waals surface area (Å²) in [6.07, 6.45) is 5.81. The minimum atomic E-state index is 0.647. The standard InChI is InChI=1S/C15H18N2/c1-2-5-12-10-14(12)17-15-13-7-4-3-6-11(13)8-9-16-15/h3-4,6-9,12,14H,2,5,10H2,1H3,(H,16,17). The first-order valence-electron chi connectivity index (χ1n) is 6.49. The Morgan fingerprint density at radius 2 is 2.18 bits per heavy atom. The smallest absolute Gasteiger partial charge is 0.134 e. The van der Waals surface area contributed by atoms with Gasteiger partial charge in [0.15, 0.2) is 0 Å². The molecule has 1 fully saturated rings. The molecule has 0 bridgehead atoms. The van der Waals surface area contributed by atoms with Crippen molar-refractivity contribution < 1.29 is 0 Å². The molecule has 2 aromatic rings. The molecule has 2 nitrogen and oxygen atoms in total. The van der Waals surface area contributed by atoms with Crippen LogP contribution in [-0.2, 0) is 0 Å². The third-order valence-electron chi connectivity index (χ3n) is 3.58. The molecular formula is C15H18N2. The molecule has 0 saturated heterocycles. The first-order valence-corrected chi connectivity index (χ1v) is 6.49. The number of hydrogen-bond donors (Lipinski definition) is 1. The van der Waals surface area contributed by atoms with E-state index in [4.69, 9.17) is 0 Å². The summed E-state index contributed by atoms with van der Waals surface area (Å²) < 4.78 is 0. The molecule has 0 spiro atoms. The molecule has 1 aromatic carbocycles. The van der Waals surface area contributed by atoms with Crippen LogP contribution in [0, 0.1) is 5.92 Å². The van der Waals surface area contributed by atoms with Crippen LogP contribution in [0.25, 0.3) is 10.8 Å². The van der Waals surface area contributed by atoms with Crippen LogP contribution in [0.4, 0.5) is 5.82 Å². The Bertz CT molecular complexity index is 516. The quantitative estimate of drug-likeness (QED) is 0.856. The second-order valence-corrected chi connectivity index (χ2v) is 4.92. The lowest BCUT2D eigenvalue weighted by Gasteiger charge is -2.08. The Balaban J connectivity index is 1.82. The van der Waals surface area contributed by atoms with E-state index in [1.807, 2.05) is 6.20 Å². The number of aromatic nitrogens is 1. The van der Waals surface area contributed by atoms with Gasteiger partial charge in [0.05, 0.1) is 0 Å². The fourth-order valence-electron chi connectivity index (χ4n) is 2.52. The number of anilines is 1. The molecule has 1 N–H and O–H groups in total. The van der Waals surface area contributed by atoms with Gasteiger partial charge in [0.25, 0.3) is 0 Å². The Hall–Kier alpha value is -1.57. The summed E-state index contributed by atoms with van der Waals surface area (Å²) in [6.45, 7) is 2.26. The number of nitrogens with zero attached hydrogens (tertiary/aromatic N) is 1. The van der Waals surface area contributed by atoms with Crippen LogP contribution in [0.1, 0.15) is 26.2 Å². The van der Waals surface area contributed by atoms with Crippen molar-refractivity contribution in [3.05, 3.63) is 36.5 Å². The molecule has 17 heavy (non-hydrogen) atoms. The summed E-state index contributed by atoms with van der Waals surface area (Å²) in [7, 11) is 0. The Labute approximate surface area is 102 Å². The summed E-state index contributed by atoms with van der Waals surface area (Å²) in [5.41, 5.74) is 0. The van der Waals surface area contributed by atoms with Gasteiger partial charge in [-0.3, -0.25) is 0 Å². The van der Waals surface area contributed by atoms with Crippen molar-refractivity contribution in [3.8, 4) is 0 Å². The molecular weight excluding hydrogens is 208 g/mol. The monoisotopic (exact) mass is 226 g/mol. The average molecular weight is 226 g/mol. The predicted molar refractivity (Wildman–Crippen MR) is 72.2 cm³/mol. The van der Waals surface area contributed by atoms with Gasteiger partial charge >= 0.3 is 0 Å². The second-order valence-electron chi connectivity index (χ2n) is 4.92. The molecule has 1 aliphatic carbocycles. The van der Waals surface area contributed by atoms with Crippen LogP contribution in [0.15, 0.2) is 36.5 Å². The molecule has 0 radical (unpaired) electrons. The molecule has 1 aliphatic rings. The molecule has 1 heterocycles. The molecule has 2 atom stereocenters. The molecule has 3 rings (SSSR count). The summed E-state index contributed by atoms with van der Waals surface area (Å²) >= 11 is 0. The number of pyridine rings is 1. The highest BCUT2D eigenvalue weighted by molar-refractivity contribution is 5.91. The zero-order valence-corrected chi connectivity index (χ0v) is 10.2. The number of nitrogens with one attached hydrogen (secondary N) is 1. The van der Waals surface area contributed by atoms with Crippen LogP contribution in [0.5, 0.6) is 0 Å². The van der Waals surface area contributed by atoms with Crippen LogP contribution in [-0.4, -0.2) is 11.0 Å². The maximum Gasteiger partial charge on any atom is 0.134 e. The number of rotatable bonds is 4. The number of hydrogen-bond acceptors (Lipinski definition) is 2. The molecule has 2 heteroatoms. The summed E-state index contributed by atoms with van der Waals surface area (Å²) in [5, 5.41) is 6.08. The Morgan fingerprint density at radius 1 is 1.29 bits per heavy atom. The highest BCUT2D eigenvalue weighted by Crippen LogP contribution is 2.37. The van der Waals surface area contributed by atoms with E-state index in [0.29, 0.717) is 6.04 Å². The van der Waals surface area contributed by atoms with Gasteiger partial charge in [-0.15, -0.1) is 0 Å². The van der Waals surface area contributed by atoms with E-state index >= 15 is 0 Å². The van der Waals surface area contributed by atoms with Gasteiger partial charge in [-0.05, 0) is 30.2 Å². The van der Waals surface area contributed by atoms with E-state index in [1.165, 1.54) is 30.0 Å². The highest BCUT2D eigenvalue weighted by atomic mass is 15.0. The Kier molecular flexibility index (Phi) is 2.71. The van der Waals surface area contributed by atoms with Crippen molar-refractivity contribution in [2.24, 2.45) is 5.92 Å². The van der Waals surface area contributed by atoms with E-state index in [2.05, 4.69) is 47.6 Å². The molecule has 0 amide bonds. The van der Waals surface area contributed by atoms with Crippen molar-refractivity contribution >= 4 is 16.6 Å². The van der Waals surface area contributed by atoms with Crippen LogP contribution < -0.4 is 5.32 Å². The normalized spacial score (nSPS) is 22.6. The minimum absolute atomic E-state index is 0.647. The van der Waals surface area contributed by atoms with Crippen LogP contribution >= 0.6 is 0 Å². The van der Waals surface area contributed by atoms with Crippen molar-refractivity contribution in [1.29, 1.82) is 0 Å². The van der Waals surface area contributed by atoms with Crippen LogP contribution in [0.2, 0.25) is 0 Å². The van der Waals surface area contributed by atoms with Gasteiger partial charge in [-0.1, -0.05) is 37.6 Å². The van der Waals surface area contributed by atoms with E-state index in [9.17, 15) is 0 Å². The van der Waals surface area contributed by atoms with E-state index < -0.39 is 0 Å². The first-order chi connectivity index (χ1) is 8.38. The minimum Gasteiger partial charge on any atom is -0.367 e. The largest absolute Gasteiger partial charge is 0.367 e. The van der Waals surface area contributed by atoms with E-state index in [-0.39, 0.29) is 0 Å². The maximum atomic E-state index is 4.47. The van der Waals surface area contributed by atoms with Crippen molar-refractivity contribution in [1.82, 2.24) is 4.98 Å². The van der Waals surface area contributed by atoms with Gasteiger partial charge < -0.3 is 5.32 Å². The van der Waals surface area contributed by atoms with Gasteiger partial charge in [0.1, 0.15) is 5.82 Å². The number of fused-ring (bicyclic) bond motifs is 1. The van der Waals surface area contributed by atoms with Gasteiger partial charge in [-0.25, -0.2) is 4.98 Å². The van der Waals surface area contributed by atoms with Gasteiger partial charge in [0, 0.05) is 17.6 Å². The maximum absolute atomic E-state index is 4.47.